The van der Waals surface area contributed by atoms with Crippen molar-refractivity contribution in [1.29, 1.82) is 0 Å². The molecule has 0 bridgehead atoms. The van der Waals surface area contributed by atoms with Gasteiger partial charge in [0.15, 0.2) is 0 Å². The minimum atomic E-state index is -1.21. The van der Waals surface area contributed by atoms with Crippen LogP contribution in [0.15, 0.2) is 24.3 Å². The second-order valence-corrected chi connectivity index (χ2v) is 7.86. The third-order valence-corrected chi connectivity index (χ3v) is 4.71. The van der Waals surface area contributed by atoms with Crippen LogP contribution in [0.4, 0.5) is 14.6 Å². The van der Waals surface area contributed by atoms with Crippen LogP contribution in [0.2, 0.25) is 0 Å². The second-order valence-electron chi connectivity index (χ2n) is 7.86. The van der Waals surface area contributed by atoms with Crippen LogP contribution in [0.3, 0.4) is 0 Å². The van der Waals surface area contributed by atoms with E-state index in [0.29, 0.717) is 11.3 Å². The number of aliphatic hydroxyl groups excluding tert-OH is 1. The van der Waals surface area contributed by atoms with Crippen LogP contribution < -0.4 is 10.6 Å². The van der Waals surface area contributed by atoms with E-state index >= 15 is 0 Å². The number of amides is 2. The first-order chi connectivity index (χ1) is 13.4. The van der Waals surface area contributed by atoms with Crippen molar-refractivity contribution in [1.82, 2.24) is 15.5 Å². The van der Waals surface area contributed by atoms with Gasteiger partial charge in [-0.1, -0.05) is 27.7 Å². The predicted molar refractivity (Wildman–Crippen MR) is 104 cm³/mol. The van der Waals surface area contributed by atoms with E-state index < -0.39 is 41.0 Å². The number of nitrogens with zero attached hydrogens (tertiary/aromatic N) is 1. The Morgan fingerprint density at radius 2 is 1.66 bits per heavy atom. The Morgan fingerprint density at radius 3 is 2.21 bits per heavy atom. The maximum Gasteiger partial charge on any atom is 0.249 e. The largest absolute Gasteiger partial charge is 0.383 e. The van der Waals surface area contributed by atoms with Gasteiger partial charge in [-0.25, -0.2) is 8.78 Å². The summed E-state index contributed by atoms with van der Waals surface area (Å²) in [4.78, 5) is 24.2. The Morgan fingerprint density at radius 1 is 1.07 bits per heavy atom. The summed E-state index contributed by atoms with van der Waals surface area (Å²) >= 11 is 0. The molecular weight excluding hydrogens is 382 g/mol. The molecule has 0 aliphatic rings. The number of rotatable bonds is 7. The molecule has 1 heterocycles. The van der Waals surface area contributed by atoms with E-state index in [9.17, 15) is 23.5 Å². The molecule has 0 saturated heterocycles. The van der Waals surface area contributed by atoms with Crippen LogP contribution in [0.1, 0.15) is 45.9 Å². The fraction of sp³-hybridized carbons (Fsp3) is 0.450. The van der Waals surface area contributed by atoms with Gasteiger partial charge in [0.25, 0.3) is 0 Å². The van der Waals surface area contributed by atoms with Crippen LogP contribution in [0, 0.1) is 17.6 Å². The summed E-state index contributed by atoms with van der Waals surface area (Å²) < 4.78 is 27.1. The van der Waals surface area contributed by atoms with E-state index in [-0.39, 0.29) is 11.7 Å². The lowest BCUT2D eigenvalue weighted by Crippen LogP contribution is -2.47. The van der Waals surface area contributed by atoms with E-state index in [4.69, 9.17) is 0 Å². The zero-order valence-electron chi connectivity index (χ0n) is 17.0. The molecule has 1 aromatic heterocycles. The number of hydrogen-bond acceptors (Lipinski definition) is 4. The molecule has 2 atom stereocenters. The Hall–Kier alpha value is -2.81. The topological polar surface area (TPSA) is 107 Å². The van der Waals surface area contributed by atoms with Crippen LogP contribution in [0.5, 0.6) is 0 Å². The van der Waals surface area contributed by atoms with E-state index in [1.807, 2.05) is 0 Å². The highest BCUT2D eigenvalue weighted by Crippen LogP contribution is 2.32. The molecule has 2 amide bonds. The lowest BCUT2D eigenvalue weighted by atomic mass is 9.81. The van der Waals surface area contributed by atoms with Crippen molar-refractivity contribution in [3.05, 3.63) is 47.2 Å². The summed E-state index contributed by atoms with van der Waals surface area (Å²) in [6.45, 7) is 8.36. The van der Waals surface area contributed by atoms with Gasteiger partial charge in [0.05, 0.1) is 5.69 Å². The number of H-pyrrole nitrogens is 1. The third-order valence-electron chi connectivity index (χ3n) is 4.71. The Balaban J connectivity index is 2.09. The van der Waals surface area contributed by atoms with Gasteiger partial charge in [-0.05, 0) is 30.5 Å². The van der Waals surface area contributed by atoms with Gasteiger partial charge in [-0.15, -0.1) is 0 Å². The highest BCUT2D eigenvalue weighted by atomic mass is 19.1. The summed E-state index contributed by atoms with van der Waals surface area (Å²) in [5, 5.41) is 21.6. The molecule has 0 radical (unpaired) electrons. The van der Waals surface area contributed by atoms with Gasteiger partial charge in [-0.2, -0.15) is 5.10 Å². The molecule has 0 spiro atoms. The van der Waals surface area contributed by atoms with Crippen LogP contribution >= 0.6 is 0 Å². The average Bonchev–Trinajstić information content (AvgIpc) is 3.09. The molecule has 0 aliphatic heterocycles. The molecule has 9 heteroatoms. The van der Waals surface area contributed by atoms with Crippen molar-refractivity contribution in [2.75, 3.05) is 5.32 Å². The van der Waals surface area contributed by atoms with Crippen LogP contribution in [-0.2, 0) is 15.0 Å². The fourth-order valence-corrected chi connectivity index (χ4v) is 2.68. The fourth-order valence-electron chi connectivity index (χ4n) is 2.68. The lowest BCUT2D eigenvalue weighted by molar-refractivity contribution is -0.134. The molecule has 4 N–H and O–H groups in total. The van der Waals surface area contributed by atoms with Gasteiger partial charge in [0.1, 0.15) is 29.6 Å². The zero-order valence-corrected chi connectivity index (χ0v) is 17.0. The van der Waals surface area contributed by atoms with Gasteiger partial charge in [-0.3, -0.25) is 14.7 Å². The summed E-state index contributed by atoms with van der Waals surface area (Å²) in [7, 11) is 0. The first-order valence-corrected chi connectivity index (χ1v) is 9.23. The van der Waals surface area contributed by atoms with Crippen LogP contribution in [-0.4, -0.2) is 39.3 Å². The minimum absolute atomic E-state index is 0.264. The van der Waals surface area contributed by atoms with Gasteiger partial charge in [0, 0.05) is 17.5 Å². The van der Waals surface area contributed by atoms with Crippen molar-refractivity contribution in [2.45, 2.75) is 52.2 Å². The first-order valence-electron chi connectivity index (χ1n) is 9.23. The van der Waals surface area contributed by atoms with Crippen LogP contribution in [0.25, 0.3) is 0 Å². The number of aromatic amines is 1. The Kier molecular flexibility index (Phi) is 6.73. The van der Waals surface area contributed by atoms with Crippen molar-refractivity contribution < 1.29 is 23.5 Å². The minimum Gasteiger partial charge on any atom is -0.383 e. The monoisotopic (exact) mass is 408 g/mol. The Bertz CT molecular complexity index is 875. The number of benzene rings is 1. The highest BCUT2D eigenvalue weighted by molar-refractivity contribution is 5.96. The van der Waals surface area contributed by atoms with E-state index in [1.165, 1.54) is 19.1 Å². The quantitative estimate of drug-likeness (QED) is 0.565. The zero-order chi connectivity index (χ0) is 21.9. The number of carbonyl (C=O) groups is 2. The van der Waals surface area contributed by atoms with E-state index in [0.717, 1.165) is 6.07 Å². The standard InChI is InChI=1S/C20H26F2N4O3/c1-10(2)17(27)19(29)23-11(3)18(28)24-16-9-15(25-26-16)20(4,5)12-6-13(21)8-14(22)7-12/h6-11,17,27H,1-5H3,(H,23,29)(H2,24,25,26,28)/t11?,17-/m0/s1. The van der Waals surface area contributed by atoms with Crippen molar-refractivity contribution in [3.8, 4) is 0 Å². The maximum absolute atomic E-state index is 13.6. The summed E-state index contributed by atoms with van der Waals surface area (Å²) in [6.07, 6.45) is -1.21. The van der Waals surface area contributed by atoms with Gasteiger partial charge in [0.2, 0.25) is 11.8 Å². The SMILES string of the molecule is CC(NC(=O)[C@@H](O)C(C)C)C(=O)Nc1cc(C(C)(C)c2cc(F)cc(F)c2)n[nH]1. The lowest BCUT2D eigenvalue weighted by Gasteiger charge is -2.23. The summed E-state index contributed by atoms with van der Waals surface area (Å²) in [6, 6.07) is 3.91. The van der Waals surface area contributed by atoms with E-state index in [2.05, 4.69) is 20.8 Å². The second kappa shape index (κ2) is 8.69. The van der Waals surface area contributed by atoms with E-state index in [1.54, 1.807) is 33.8 Å². The van der Waals surface area contributed by atoms with Crippen molar-refractivity contribution in [2.24, 2.45) is 5.92 Å². The average molecular weight is 408 g/mol. The molecule has 0 fully saturated rings. The smallest absolute Gasteiger partial charge is 0.249 e. The summed E-state index contributed by atoms with van der Waals surface area (Å²) in [5.74, 6) is -2.55. The molecule has 7 nitrogen and oxygen atoms in total. The third kappa shape index (κ3) is 5.38. The molecule has 2 rings (SSSR count). The van der Waals surface area contributed by atoms with Gasteiger partial charge < -0.3 is 15.7 Å². The number of carbonyl (C=O) groups excluding carboxylic acids is 2. The van der Waals surface area contributed by atoms with Crippen molar-refractivity contribution >= 4 is 17.6 Å². The molecule has 1 aromatic carbocycles. The predicted octanol–water partition coefficient (Wildman–Crippen LogP) is 2.47. The molecular formula is C20H26F2N4O3. The number of aromatic nitrogens is 2. The number of halogens is 2. The number of nitrogens with one attached hydrogen (secondary N) is 3. The highest BCUT2D eigenvalue weighted by Gasteiger charge is 2.28. The summed E-state index contributed by atoms with van der Waals surface area (Å²) in [5.41, 5.74) is 0.0243. The maximum atomic E-state index is 13.6. The molecule has 29 heavy (non-hydrogen) atoms. The van der Waals surface area contributed by atoms with Crippen molar-refractivity contribution in [3.63, 3.8) is 0 Å². The van der Waals surface area contributed by atoms with Gasteiger partial charge >= 0.3 is 0 Å². The molecule has 2 aromatic rings. The first kappa shape index (κ1) is 22.5. The molecule has 158 valence electrons. The molecule has 0 aliphatic carbocycles. The molecule has 1 unspecified atom stereocenters. The molecule has 0 saturated carbocycles. The Labute approximate surface area is 167 Å². The number of aliphatic hydroxyl groups is 1. The number of hydrogen-bond donors (Lipinski definition) is 4. The number of anilines is 1. The normalized spacial score (nSPS) is 13.8.